The van der Waals surface area contributed by atoms with E-state index in [1.807, 2.05) is 55.8 Å². The van der Waals surface area contributed by atoms with Gasteiger partial charge in [-0.15, -0.1) is 45.3 Å². The van der Waals surface area contributed by atoms with Gasteiger partial charge in [-0.3, -0.25) is 19.1 Å². The zero-order chi connectivity index (χ0) is 40.7. The van der Waals surface area contributed by atoms with E-state index >= 15 is 0 Å². The number of rotatable bonds is 14. The Hall–Kier alpha value is -4.72. The molecule has 7 heterocycles. The molecule has 0 bridgehead atoms. The average molecular weight is 867 g/mol. The molecule has 0 aliphatic carbocycles. The highest BCUT2D eigenvalue weighted by molar-refractivity contribution is 7.23. The first-order valence-corrected chi connectivity index (χ1v) is 23.0. The first-order chi connectivity index (χ1) is 28.8. The van der Waals surface area contributed by atoms with E-state index in [0.717, 1.165) is 91.5 Å². The minimum atomic E-state index is -0.0510. The molecule has 17 heteroatoms. The van der Waals surface area contributed by atoms with Crippen LogP contribution < -0.4 is 31.9 Å². The van der Waals surface area contributed by atoms with Gasteiger partial charge < -0.3 is 31.9 Å². The van der Waals surface area contributed by atoms with Crippen molar-refractivity contribution in [3.8, 4) is 21.1 Å². The molecule has 59 heavy (non-hydrogen) atoms. The lowest BCUT2D eigenvalue weighted by Gasteiger charge is -2.13. The van der Waals surface area contributed by atoms with Crippen LogP contribution in [0.2, 0.25) is 0 Å². The molecule has 0 fully saturated rings. The molecular formula is C42H46N10O3S4. The molecule has 5 aromatic heterocycles. The average Bonchev–Trinajstić information content (AvgIpc) is 4.07. The Labute approximate surface area is 358 Å². The minimum Gasteiger partial charge on any atom is -0.317 e. The van der Waals surface area contributed by atoms with Gasteiger partial charge in [-0.1, -0.05) is 24.3 Å². The summed E-state index contributed by atoms with van der Waals surface area (Å²) in [6.07, 6.45) is 6.45. The smallest absolute Gasteiger partial charge is 0.226 e. The van der Waals surface area contributed by atoms with E-state index in [-0.39, 0.29) is 17.6 Å². The summed E-state index contributed by atoms with van der Waals surface area (Å²) in [7, 11) is 1.90. The van der Waals surface area contributed by atoms with Crippen LogP contribution in [0.1, 0.15) is 46.2 Å². The second-order valence-electron chi connectivity index (χ2n) is 14.4. The third-order valence-electron chi connectivity index (χ3n) is 9.90. The standard InChI is InChI=1S/C22H24N6OS2.C20H22N4O2S2/c1-28-13-14(11-25-28)10-23-9-7-19(29)27-22-20(15-6-8-24-12-18(15)31-22)21-26-16-4-2-3-5-17(16)30-21;1-12(25)10-21-9-7-17(26)24-20-18(13-6-8-22-11-16(13)28-20)19-23-14-4-2-3-5-15(14)27-19/h2-5,11,13,23-24H,6-10,12H2,1H3,(H,27,29);2-5,21-22H,6-11H2,1H3,(H,24,26). The molecule has 0 spiro atoms. The number of nitrogens with zero attached hydrogens (tertiary/aromatic N) is 4. The molecule has 0 saturated heterocycles. The van der Waals surface area contributed by atoms with Crippen LogP contribution in [-0.4, -0.2) is 70.1 Å². The highest BCUT2D eigenvalue weighted by Crippen LogP contribution is 2.46. The first-order valence-electron chi connectivity index (χ1n) is 19.7. The van der Waals surface area contributed by atoms with E-state index in [0.29, 0.717) is 39.0 Å². The number of thiazole rings is 2. The molecule has 2 aliphatic heterocycles. The van der Waals surface area contributed by atoms with Crippen molar-refractivity contribution in [2.45, 2.75) is 52.2 Å². The summed E-state index contributed by atoms with van der Waals surface area (Å²) in [6.45, 7) is 7.19. The molecule has 7 aromatic rings. The SMILES string of the molecule is CC(=O)CNCCC(=O)Nc1sc2c(c1-c1nc3ccccc3s1)CCNC2.Cn1cc(CNCCC(=O)Nc2sc3c(c2-c2nc4ccccc4s2)CCNC3)cn1. The van der Waals surface area contributed by atoms with Gasteiger partial charge in [0.1, 0.15) is 25.8 Å². The number of hydrogen-bond acceptors (Lipinski definition) is 14. The van der Waals surface area contributed by atoms with E-state index in [4.69, 9.17) is 9.97 Å². The highest BCUT2D eigenvalue weighted by atomic mass is 32.1. The van der Waals surface area contributed by atoms with E-state index in [2.05, 4.69) is 49.1 Å². The number of carbonyl (C=O) groups is 3. The molecule has 306 valence electrons. The van der Waals surface area contributed by atoms with Crippen LogP contribution in [0, 0.1) is 0 Å². The Morgan fingerprint density at radius 2 is 1.25 bits per heavy atom. The Bertz CT molecular complexity index is 2540. The van der Waals surface area contributed by atoms with Crippen molar-refractivity contribution >= 4 is 93.4 Å². The minimum absolute atomic E-state index is 0.0209. The number of Topliss-reactive ketones (excluding diaryl/α,β-unsaturated/α-hetero) is 1. The van der Waals surface area contributed by atoms with Crippen molar-refractivity contribution in [2.75, 3.05) is 43.4 Å². The predicted octanol–water partition coefficient (Wildman–Crippen LogP) is 6.70. The number of amides is 2. The van der Waals surface area contributed by atoms with Gasteiger partial charge in [0.15, 0.2) is 0 Å². The normalized spacial score (nSPS) is 13.5. The number of ketones is 1. The zero-order valence-corrected chi connectivity index (χ0v) is 36.2. The number of aryl methyl sites for hydroxylation is 1. The van der Waals surface area contributed by atoms with Gasteiger partial charge in [0.05, 0.1) is 33.2 Å². The molecule has 2 aromatic carbocycles. The molecule has 9 rings (SSSR count). The van der Waals surface area contributed by atoms with Crippen LogP contribution in [0.3, 0.4) is 0 Å². The van der Waals surface area contributed by atoms with E-state index in [9.17, 15) is 14.4 Å². The molecule has 2 aliphatic rings. The summed E-state index contributed by atoms with van der Waals surface area (Å²) < 4.78 is 4.10. The number of anilines is 2. The summed E-state index contributed by atoms with van der Waals surface area (Å²) >= 11 is 6.67. The maximum Gasteiger partial charge on any atom is 0.226 e. The molecule has 0 atom stereocenters. The van der Waals surface area contributed by atoms with Crippen molar-refractivity contribution in [2.24, 2.45) is 7.05 Å². The van der Waals surface area contributed by atoms with Crippen molar-refractivity contribution in [1.82, 2.24) is 41.0 Å². The third-order valence-corrected chi connectivity index (χ3v) is 14.3. The quantitative estimate of drug-likeness (QED) is 0.0648. The fourth-order valence-electron chi connectivity index (χ4n) is 7.10. The van der Waals surface area contributed by atoms with Crippen molar-refractivity contribution in [3.63, 3.8) is 0 Å². The van der Waals surface area contributed by atoms with Gasteiger partial charge in [0.2, 0.25) is 11.8 Å². The number of benzene rings is 2. The van der Waals surface area contributed by atoms with Crippen molar-refractivity contribution < 1.29 is 14.4 Å². The maximum absolute atomic E-state index is 12.7. The number of thiophene rings is 2. The molecule has 0 radical (unpaired) electrons. The molecule has 0 saturated carbocycles. The molecule has 2 amide bonds. The fraction of sp³-hybridized carbons (Fsp3) is 0.333. The Balaban J connectivity index is 0.000000165. The first kappa shape index (κ1) is 41.0. The maximum atomic E-state index is 12.7. The van der Waals surface area contributed by atoms with Crippen molar-refractivity contribution in [3.05, 3.63) is 87.4 Å². The number of hydrogen-bond donors (Lipinski definition) is 6. The van der Waals surface area contributed by atoms with Crippen molar-refractivity contribution in [1.29, 1.82) is 0 Å². The van der Waals surface area contributed by atoms with Gasteiger partial charge in [0, 0.05) is 85.3 Å². The van der Waals surface area contributed by atoms with Crippen LogP contribution in [0.5, 0.6) is 0 Å². The molecular weight excluding hydrogens is 821 g/mol. The van der Waals surface area contributed by atoms with Gasteiger partial charge in [-0.05, 0) is 68.2 Å². The van der Waals surface area contributed by atoms with Crippen LogP contribution in [0.25, 0.3) is 41.6 Å². The Morgan fingerprint density at radius 3 is 1.75 bits per heavy atom. The molecule has 13 nitrogen and oxygen atoms in total. The summed E-state index contributed by atoms with van der Waals surface area (Å²) in [6, 6.07) is 16.3. The Morgan fingerprint density at radius 1 is 0.729 bits per heavy atom. The lowest BCUT2D eigenvalue weighted by molar-refractivity contribution is -0.117. The van der Waals surface area contributed by atoms with E-state index < -0.39 is 0 Å². The summed E-state index contributed by atoms with van der Waals surface area (Å²) in [5.74, 6) is 0.0366. The van der Waals surface area contributed by atoms with Gasteiger partial charge >= 0.3 is 0 Å². The van der Waals surface area contributed by atoms with Crippen LogP contribution >= 0.6 is 45.3 Å². The van der Waals surface area contributed by atoms with Gasteiger partial charge in [-0.2, -0.15) is 5.10 Å². The van der Waals surface area contributed by atoms with E-state index in [1.165, 1.54) is 32.5 Å². The van der Waals surface area contributed by atoms with Crippen LogP contribution in [0.4, 0.5) is 10.0 Å². The number of aromatic nitrogens is 4. The monoisotopic (exact) mass is 866 g/mol. The fourth-order valence-corrected chi connectivity index (χ4v) is 11.8. The lowest BCUT2D eigenvalue weighted by Crippen LogP contribution is -2.25. The van der Waals surface area contributed by atoms with Crippen LogP contribution in [0.15, 0.2) is 60.9 Å². The predicted molar refractivity (Wildman–Crippen MR) is 242 cm³/mol. The number of para-hydroxylation sites is 2. The second-order valence-corrected chi connectivity index (χ2v) is 18.7. The van der Waals surface area contributed by atoms with Gasteiger partial charge in [0.25, 0.3) is 0 Å². The van der Waals surface area contributed by atoms with Crippen LogP contribution in [-0.2, 0) is 53.9 Å². The number of carbonyl (C=O) groups excluding carboxylic acids is 3. The highest BCUT2D eigenvalue weighted by Gasteiger charge is 2.26. The van der Waals surface area contributed by atoms with E-state index in [1.54, 1.807) is 50.0 Å². The summed E-state index contributed by atoms with van der Waals surface area (Å²) in [4.78, 5) is 48.4. The molecule has 0 unspecified atom stereocenters. The summed E-state index contributed by atoms with van der Waals surface area (Å²) in [5, 5.41) is 27.3. The summed E-state index contributed by atoms with van der Waals surface area (Å²) in [5.41, 5.74) is 7.92. The Kier molecular flexibility index (Phi) is 13.3. The second kappa shape index (κ2) is 19.1. The topological polar surface area (TPSA) is 167 Å². The number of nitrogens with one attached hydrogen (secondary N) is 6. The van der Waals surface area contributed by atoms with Gasteiger partial charge in [-0.25, -0.2) is 9.97 Å². The zero-order valence-electron chi connectivity index (χ0n) is 32.9. The number of fused-ring (bicyclic) bond motifs is 4. The molecule has 6 N–H and O–H groups in total. The third kappa shape index (κ3) is 10.0. The largest absolute Gasteiger partial charge is 0.317 e. The lowest BCUT2D eigenvalue weighted by atomic mass is 10.0.